The highest BCUT2D eigenvalue weighted by molar-refractivity contribution is 7.13. The van der Waals surface area contributed by atoms with Crippen molar-refractivity contribution in [1.29, 1.82) is 0 Å². The molecule has 0 radical (unpaired) electrons. The van der Waals surface area contributed by atoms with Crippen LogP contribution >= 0.6 is 11.3 Å². The summed E-state index contributed by atoms with van der Waals surface area (Å²) in [6.45, 7) is 5.14. The molecule has 4 heteroatoms. The molecule has 0 saturated heterocycles. The lowest BCUT2D eigenvalue weighted by Gasteiger charge is -2.23. The molecule has 2 heterocycles. The summed E-state index contributed by atoms with van der Waals surface area (Å²) >= 11 is 1.72. The summed E-state index contributed by atoms with van der Waals surface area (Å²) in [6.07, 6.45) is 4.86. The molecule has 2 rings (SSSR count). The van der Waals surface area contributed by atoms with Crippen molar-refractivity contribution < 1.29 is 4.74 Å². The summed E-state index contributed by atoms with van der Waals surface area (Å²) < 4.78 is 7.62. The quantitative estimate of drug-likeness (QED) is 0.813. The van der Waals surface area contributed by atoms with Crippen LogP contribution in [0.3, 0.4) is 0 Å². The number of methoxy groups -OCH3 is 1. The zero-order chi connectivity index (χ0) is 12.3. The van der Waals surface area contributed by atoms with E-state index in [1.54, 1.807) is 18.4 Å². The van der Waals surface area contributed by atoms with Crippen LogP contribution in [0.4, 0.5) is 0 Å². The Morgan fingerprint density at radius 1 is 1.47 bits per heavy atom. The van der Waals surface area contributed by atoms with E-state index in [1.807, 2.05) is 12.4 Å². The first kappa shape index (κ1) is 12.3. The van der Waals surface area contributed by atoms with Gasteiger partial charge in [-0.25, -0.2) is 4.98 Å². The molecule has 2 aromatic heterocycles. The summed E-state index contributed by atoms with van der Waals surface area (Å²) in [5, 5.41) is 2.08. The van der Waals surface area contributed by atoms with E-state index < -0.39 is 0 Å². The van der Waals surface area contributed by atoms with Crippen LogP contribution in [0.5, 0.6) is 0 Å². The molecule has 0 aromatic carbocycles. The maximum Gasteiger partial charge on any atom is 0.149 e. The highest BCUT2D eigenvalue weighted by Gasteiger charge is 2.17. The first-order chi connectivity index (χ1) is 8.12. The second-order valence-corrected chi connectivity index (χ2v) is 5.58. The Morgan fingerprint density at radius 3 is 2.94 bits per heavy atom. The lowest BCUT2D eigenvalue weighted by atomic mass is 10.1. The zero-order valence-corrected chi connectivity index (χ0v) is 11.3. The zero-order valence-electron chi connectivity index (χ0n) is 10.5. The van der Waals surface area contributed by atoms with E-state index in [1.165, 1.54) is 4.88 Å². The minimum absolute atomic E-state index is 0.0863. The van der Waals surface area contributed by atoms with Gasteiger partial charge in [0.1, 0.15) is 5.82 Å². The van der Waals surface area contributed by atoms with E-state index in [4.69, 9.17) is 4.74 Å². The Kier molecular flexibility index (Phi) is 3.64. The molecule has 0 fully saturated rings. The van der Waals surface area contributed by atoms with Gasteiger partial charge in [0.15, 0.2) is 0 Å². The maximum absolute atomic E-state index is 5.44. The highest BCUT2D eigenvalue weighted by Crippen LogP contribution is 2.24. The van der Waals surface area contributed by atoms with E-state index in [-0.39, 0.29) is 5.60 Å². The fourth-order valence-electron chi connectivity index (χ4n) is 1.61. The SMILES string of the molecule is COC(C)(C)CCn1ccnc1-c1cccs1. The third kappa shape index (κ3) is 2.96. The van der Waals surface area contributed by atoms with Gasteiger partial charge in [0.2, 0.25) is 0 Å². The molecule has 0 unspecified atom stereocenters. The minimum atomic E-state index is -0.0863. The van der Waals surface area contributed by atoms with Crippen LogP contribution < -0.4 is 0 Å². The average Bonchev–Trinajstić information content (AvgIpc) is 2.96. The molecule has 0 atom stereocenters. The standard InChI is InChI=1S/C13H18N2OS/c1-13(2,16-3)6-8-15-9-7-14-12(15)11-5-4-10-17-11/h4-5,7,9-10H,6,8H2,1-3H3. The van der Waals surface area contributed by atoms with Crippen molar-refractivity contribution in [3.8, 4) is 10.7 Å². The molecule has 2 aromatic rings. The van der Waals surface area contributed by atoms with Crippen LogP contribution in [0.2, 0.25) is 0 Å². The molecule has 0 aliphatic heterocycles. The maximum atomic E-state index is 5.44. The molecule has 3 nitrogen and oxygen atoms in total. The summed E-state index contributed by atoms with van der Waals surface area (Å²) in [4.78, 5) is 5.63. The van der Waals surface area contributed by atoms with Gasteiger partial charge in [-0.05, 0) is 31.7 Å². The highest BCUT2D eigenvalue weighted by atomic mass is 32.1. The monoisotopic (exact) mass is 250 g/mol. The lowest BCUT2D eigenvalue weighted by molar-refractivity contribution is 0.0121. The number of ether oxygens (including phenoxy) is 1. The normalized spacial score (nSPS) is 11.9. The Labute approximate surface area is 106 Å². The Morgan fingerprint density at radius 2 is 2.29 bits per heavy atom. The molecule has 0 spiro atoms. The Hall–Kier alpha value is -1.13. The lowest BCUT2D eigenvalue weighted by Crippen LogP contribution is -2.24. The molecule has 0 saturated carbocycles. The van der Waals surface area contributed by atoms with E-state index in [2.05, 4.69) is 40.9 Å². The number of hydrogen-bond acceptors (Lipinski definition) is 3. The van der Waals surface area contributed by atoms with Gasteiger partial charge in [-0.1, -0.05) is 6.07 Å². The van der Waals surface area contributed by atoms with Crippen molar-refractivity contribution in [2.24, 2.45) is 0 Å². The number of imidazole rings is 1. The van der Waals surface area contributed by atoms with Crippen LogP contribution in [0, 0.1) is 0 Å². The second-order valence-electron chi connectivity index (χ2n) is 4.64. The van der Waals surface area contributed by atoms with Crippen LogP contribution in [-0.2, 0) is 11.3 Å². The number of aromatic nitrogens is 2. The van der Waals surface area contributed by atoms with Crippen molar-refractivity contribution in [3.63, 3.8) is 0 Å². The van der Waals surface area contributed by atoms with Gasteiger partial charge < -0.3 is 9.30 Å². The van der Waals surface area contributed by atoms with Gasteiger partial charge in [0, 0.05) is 26.0 Å². The summed E-state index contributed by atoms with van der Waals surface area (Å²) in [7, 11) is 1.76. The molecule has 0 bridgehead atoms. The third-order valence-corrected chi connectivity index (χ3v) is 3.83. The van der Waals surface area contributed by atoms with Gasteiger partial charge in [-0.2, -0.15) is 0 Å². The van der Waals surface area contributed by atoms with Crippen LogP contribution in [-0.4, -0.2) is 22.3 Å². The van der Waals surface area contributed by atoms with Crippen LogP contribution in [0.15, 0.2) is 29.9 Å². The Balaban J connectivity index is 2.10. The van der Waals surface area contributed by atoms with Gasteiger partial charge in [-0.15, -0.1) is 11.3 Å². The minimum Gasteiger partial charge on any atom is -0.379 e. The van der Waals surface area contributed by atoms with Gasteiger partial charge in [0.25, 0.3) is 0 Å². The van der Waals surface area contributed by atoms with Crippen molar-refractivity contribution in [3.05, 3.63) is 29.9 Å². The van der Waals surface area contributed by atoms with Crippen molar-refractivity contribution >= 4 is 11.3 Å². The van der Waals surface area contributed by atoms with Crippen LogP contribution in [0.25, 0.3) is 10.7 Å². The topological polar surface area (TPSA) is 27.1 Å². The van der Waals surface area contributed by atoms with E-state index >= 15 is 0 Å². The predicted molar refractivity (Wildman–Crippen MR) is 71.2 cm³/mol. The van der Waals surface area contributed by atoms with Crippen molar-refractivity contribution in [1.82, 2.24) is 9.55 Å². The fraction of sp³-hybridized carbons (Fsp3) is 0.462. The van der Waals surface area contributed by atoms with Crippen molar-refractivity contribution in [2.45, 2.75) is 32.4 Å². The summed E-state index contributed by atoms with van der Waals surface area (Å²) in [5.41, 5.74) is -0.0863. The smallest absolute Gasteiger partial charge is 0.149 e. The molecule has 17 heavy (non-hydrogen) atoms. The molecular formula is C13H18N2OS. The van der Waals surface area contributed by atoms with Gasteiger partial charge >= 0.3 is 0 Å². The average molecular weight is 250 g/mol. The molecular weight excluding hydrogens is 232 g/mol. The molecule has 0 N–H and O–H groups in total. The van der Waals surface area contributed by atoms with E-state index in [0.717, 1.165) is 18.8 Å². The number of rotatable bonds is 5. The summed E-state index contributed by atoms with van der Waals surface area (Å²) in [5.74, 6) is 1.05. The van der Waals surface area contributed by atoms with Crippen molar-refractivity contribution in [2.75, 3.05) is 7.11 Å². The number of aryl methyl sites for hydroxylation is 1. The fourth-order valence-corrected chi connectivity index (χ4v) is 2.35. The first-order valence-electron chi connectivity index (χ1n) is 5.72. The first-order valence-corrected chi connectivity index (χ1v) is 6.60. The van der Waals surface area contributed by atoms with Gasteiger partial charge in [0.05, 0.1) is 10.5 Å². The van der Waals surface area contributed by atoms with Gasteiger partial charge in [-0.3, -0.25) is 0 Å². The number of hydrogen-bond donors (Lipinski definition) is 0. The third-order valence-electron chi connectivity index (χ3n) is 2.96. The molecule has 92 valence electrons. The van der Waals surface area contributed by atoms with E-state index in [9.17, 15) is 0 Å². The second kappa shape index (κ2) is 5.02. The largest absolute Gasteiger partial charge is 0.379 e. The van der Waals surface area contributed by atoms with Crippen LogP contribution in [0.1, 0.15) is 20.3 Å². The molecule has 0 aliphatic rings. The summed E-state index contributed by atoms with van der Waals surface area (Å²) in [6, 6.07) is 4.16. The Bertz CT molecular complexity index is 459. The predicted octanol–water partition coefficient (Wildman–Crippen LogP) is 3.43. The molecule has 0 aliphatic carbocycles. The molecule has 0 amide bonds. The van der Waals surface area contributed by atoms with E-state index in [0.29, 0.717) is 0 Å². The number of thiophene rings is 1. The number of nitrogens with zero attached hydrogens (tertiary/aromatic N) is 2.